The molecule has 0 saturated heterocycles. The lowest BCUT2D eigenvalue weighted by Crippen LogP contribution is -2.33. The molecule has 4 heterocycles. The quantitative estimate of drug-likeness (QED) is 0.348. The van der Waals surface area contributed by atoms with Gasteiger partial charge in [0, 0.05) is 30.9 Å². The van der Waals surface area contributed by atoms with E-state index >= 15 is 0 Å². The molecule has 2 aliphatic rings. The monoisotopic (exact) mass is 472 g/mol. The van der Waals surface area contributed by atoms with Gasteiger partial charge in [-0.25, -0.2) is 4.98 Å². The van der Waals surface area contributed by atoms with Crippen LogP contribution in [0.5, 0.6) is 0 Å². The van der Waals surface area contributed by atoms with Gasteiger partial charge in [0.15, 0.2) is 22.7 Å². The molecule has 0 aliphatic heterocycles. The number of nitrogens with one attached hydrogen (secondary N) is 2. The first-order valence-electron chi connectivity index (χ1n) is 12.7. The van der Waals surface area contributed by atoms with Crippen LogP contribution in [0.15, 0.2) is 47.5 Å². The molecule has 9 nitrogen and oxygen atoms in total. The van der Waals surface area contributed by atoms with E-state index in [1.165, 1.54) is 25.7 Å². The molecule has 9 heteroatoms. The van der Waals surface area contributed by atoms with Crippen LogP contribution in [0.25, 0.3) is 22.6 Å². The molecule has 4 aromatic heterocycles. The molecular formula is C26H32N8O. The molecule has 0 radical (unpaired) electrons. The van der Waals surface area contributed by atoms with E-state index in [1.54, 1.807) is 6.26 Å². The summed E-state index contributed by atoms with van der Waals surface area (Å²) in [4.78, 5) is 19.1. The third-order valence-electron chi connectivity index (χ3n) is 7.30. The van der Waals surface area contributed by atoms with Crippen molar-refractivity contribution >= 4 is 22.9 Å². The lowest BCUT2D eigenvalue weighted by molar-refractivity contribution is 0.410. The van der Waals surface area contributed by atoms with Crippen LogP contribution >= 0.6 is 0 Å². The van der Waals surface area contributed by atoms with Crippen molar-refractivity contribution in [2.75, 3.05) is 10.6 Å². The number of fused-ring (bicyclic) bond motifs is 1. The molecule has 0 amide bonds. The molecule has 6 rings (SSSR count). The van der Waals surface area contributed by atoms with E-state index in [1.807, 2.05) is 30.7 Å². The molecule has 182 valence electrons. The first-order chi connectivity index (χ1) is 17.2. The van der Waals surface area contributed by atoms with Gasteiger partial charge in [0.05, 0.1) is 12.6 Å². The smallest absolute Gasteiger partial charge is 0.227 e. The summed E-state index contributed by atoms with van der Waals surface area (Å²) in [6.45, 7) is 0.589. The van der Waals surface area contributed by atoms with Gasteiger partial charge in [-0.1, -0.05) is 18.9 Å². The van der Waals surface area contributed by atoms with E-state index in [2.05, 4.69) is 26.3 Å². The predicted molar refractivity (Wildman–Crippen MR) is 136 cm³/mol. The van der Waals surface area contributed by atoms with Crippen LogP contribution in [0.3, 0.4) is 0 Å². The Morgan fingerprint density at radius 1 is 1.00 bits per heavy atom. The third-order valence-corrected chi connectivity index (χ3v) is 7.30. The highest BCUT2D eigenvalue weighted by Crippen LogP contribution is 2.33. The molecule has 4 aromatic rings. The Bertz CT molecular complexity index is 1250. The summed E-state index contributed by atoms with van der Waals surface area (Å²) >= 11 is 0. The minimum atomic E-state index is 0.310. The third kappa shape index (κ3) is 4.73. The van der Waals surface area contributed by atoms with Crippen molar-refractivity contribution in [2.24, 2.45) is 5.73 Å². The van der Waals surface area contributed by atoms with Crippen molar-refractivity contribution in [1.29, 1.82) is 0 Å². The molecule has 2 aliphatic carbocycles. The molecular weight excluding hydrogens is 440 g/mol. The summed E-state index contributed by atoms with van der Waals surface area (Å²) in [5.74, 6) is 2.17. The average Bonchev–Trinajstić information content (AvgIpc) is 3.66. The number of rotatable bonds is 7. The van der Waals surface area contributed by atoms with E-state index in [9.17, 15) is 0 Å². The highest BCUT2D eigenvalue weighted by molar-refractivity contribution is 5.84. The topological polar surface area (TPSA) is 120 Å². The molecule has 0 bridgehead atoms. The van der Waals surface area contributed by atoms with Crippen molar-refractivity contribution in [2.45, 2.75) is 76.0 Å². The summed E-state index contributed by atoms with van der Waals surface area (Å²) in [5.41, 5.74) is 9.69. The Hall–Kier alpha value is -3.46. The number of anilines is 2. The van der Waals surface area contributed by atoms with E-state index in [0.29, 0.717) is 30.6 Å². The van der Waals surface area contributed by atoms with Gasteiger partial charge >= 0.3 is 0 Å². The first kappa shape index (κ1) is 22.0. The molecule has 4 N–H and O–H groups in total. The van der Waals surface area contributed by atoms with Gasteiger partial charge in [-0.3, -0.25) is 4.98 Å². The van der Waals surface area contributed by atoms with Crippen LogP contribution in [-0.2, 0) is 6.54 Å². The maximum Gasteiger partial charge on any atom is 0.227 e. The zero-order valence-corrected chi connectivity index (χ0v) is 19.9. The van der Waals surface area contributed by atoms with Crippen LogP contribution in [-0.4, -0.2) is 36.6 Å². The highest BCUT2D eigenvalue weighted by Gasteiger charge is 2.24. The van der Waals surface area contributed by atoms with Crippen LogP contribution in [0.1, 0.15) is 63.0 Å². The Kier molecular flexibility index (Phi) is 6.08. The Balaban J connectivity index is 1.25. The molecule has 0 atom stereocenters. The van der Waals surface area contributed by atoms with Crippen LogP contribution in [0, 0.1) is 0 Å². The van der Waals surface area contributed by atoms with Crippen LogP contribution < -0.4 is 16.4 Å². The second kappa shape index (κ2) is 9.65. The van der Waals surface area contributed by atoms with Crippen molar-refractivity contribution < 1.29 is 4.42 Å². The SMILES string of the molecule is NC1CCC(Nc2nc(NCc3ccc(-c4ccco4)nc3)c3ncn(C4CCCC4)c3n2)CC1. The molecule has 0 aromatic carbocycles. The summed E-state index contributed by atoms with van der Waals surface area (Å²) in [7, 11) is 0. The Labute approximate surface area is 204 Å². The van der Waals surface area contributed by atoms with Gasteiger partial charge in [0.1, 0.15) is 5.69 Å². The molecule has 0 unspecified atom stereocenters. The number of furan rings is 1. The number of pyridine rings is 1. The fourth-order valence-electron chi connectivity index (χ4n) is 5.29. The fraction of sp³-hybridized carbons (Fsp3) is 0.462. The standard InChI is InChI=1S/C26H32N8O/c27-18-8-10-19(11-9-18)31-26-32-24(23-25(33-26)34(16-30-23)20-4-1-2-5-20)29-15-17-7-12-21(28-14-17)22-6-3-13-35-22/h3,6-7,12-14,16,18-20H,1-2,4-5,8-11,15,27H2,(H2,29,31,32,33). The first-order valence-corrected chi connectivity index (χ1v) is 12.7. The second-order valence-corrected chi connectivity index (χ2v) is 9.80. The minimum Gasteiger partial charge on any atom is -0.463 e. The van der Waals surface area contributed by atoms with Gasteiger partial charge in [-0.05, 0) is 62.3 Å². The summed E-state index contributed by atoms with van der Waals surface area (Å²) in [5, 5.41) is 7.08. The number of nitrogens with two attached hydrogens (primary N) is 1. The second-order valence-electron chi connectivity index (χ2n) is 9.80. The molecule has 2 fully saturated rings. The minimum absolute atomic E-state index is 0.310. The number of nitrogens with zero attached hydrogens (tertiary/aromatic N) is 5. The van der Waals surface area contributed by atoms with E-state index in [-0.39, 0.29) is 0 Å². The van der Waals surface area contributed by atoms with Gasteiger partial charge in [-0.2, -0.15) is 9.97 Å². The Morgan fingerprint density at radius 3 is 2.60 bits per heavy atom. The van der Waals surface area contributed by atoms with Gasteiger partial charge in [0.2, 0.25) is 5.95 Å². The van der Waals surface area contributed by atoms with Gasteiger partial charge < -0.3 is 25.4 Å². The van der Waals surface area contributed by atoms with Crippen molar-refractivity contribution in [1.82, 2.24) is 24.5 Å². The maximum absolute atomic E-state index is 6.11. The number of aromatic nitrogens is 5. The summed E-state index contributed by atoms with van der Waals surface area (Å²) in [6, 6.07) is 8.92. The fourth-order valence-corrected chi connectivity index (χ4v) is 5.29. The van der Waals surface area contributed by atoms with Crippen molar-refractivity contribution in [3.05, 3.63) is 48.6 Å². The van der Waals surface area contributed by atoms with Crippen molar-refractivity contribution in [3.63, 3.8) is 0 Å². The molecule has 0 spiro atoms. The average molecular weight is 473 g/mol. The highest BCUT2D eigenvalue weighted by atomic mass is 16.3. The largest absolute Gasteiger partial charge is 0.463 e. The zero-order valence-electron chi connectivity index (χ0n) is 19.9. The van der Waals surface area contributed by atoms with Crippen LogP contribution in [0.2, 0.25) is 0 Å². The number of hydrogen-bond acceptors (Lipinski definition) is 8. The molecule has 2 saturated carbocycles. The van der Waals surface area contributed by atoms with Crippen molar-refractivity contribution in [3.8, 4) is 11.5 Å². The van der Waals surface area contributed by atoms with Gasteiger partial charge in [-0.15, -0.1) is 0 Å². The predicted octanol–water partition coefficient (Wildman–Crippen LogP) is 4.89. The van der Waals surface area contributed by atoms with E-state index < -0.39 is 0 Å². The van der Waals surface area contributed by atoms with Gasteiger partial charge in [0.25, 0.3) is 0 Å². The number of hydrogen-bond donors (Lipinski definition) is 3. The summed E-state index contributed by atoms with van der Waals surface area (Å²) in [6.07, 6.45) is 14.5. The number of imidazole rings is 1. The normalized spacial score (nSPS) is 20.9. The van der Waals surface area contributed by atoms with E-state index in [4.69, 9.17) is 25.1 Å². The molecule has 35 heavy (non-hydrogen) atoms. The van der Waals surface area contributed by atoms with Crippen LogP contribution in [0.4, 0.5) is 11.8 Å². The zero-order chi connectivity index (χ0) is 23.6. The maximum atomic E-state index is 6.11. The summed E-state index contributed by atoms with van der Waals surface area (Å²) < 4.78 is 7.69. The van der Waals surface area contributed by atoms with E-state index in [0.717, 1.165) is 59.7 Å². The Morgan fingerprint density at radius 2 is 1.86 bits per heavy atom. The lowest BCUT2D eigenvalue weighted by Gasteiger charge is -2.27. The lowest BCUT2D eigenvalue weighted by atomic mass is 9.92.